The van der Waals surface area contributed by atoms with Gasteiger partial charge in [0.15, 0.2) is 0 Å². The van der Waals surface area contributed by atoms with E-state index in [9.17, 15) is 9.59 Å². The van der Waals surface area contributed by atoms with Crippen molar-refractivity contribution in [3.63, 3.8) is 0 Å². The maximum atomic E-state index is 13.7. The number of hydrogen-bond acceptors (Lipinski definition) is 5. The first-order valence-electron chi connectivity index (χ1n) is 11.8. The molecule has 2 fully saturated rings. The smallest absolute Gasteiger partial charge is 0.254 e. The number of nitrogens with one attached hydrogen (secondary N) is 1. The summed E-state index contributed by atoms with van der Waals surface area (Å²) in [5.74, 6) is -0.310. The van der Waals surface area contributed by atoms with Crippen LogP contribution in [0.3, 0.4) is 0 Å². The second-order valence-electron chi connectivity index (χ2n) is 8.92. The first-order chi connectivity index (χ1) is 15.7. The van der Waals surface area contributed by atoms with Crippen LogP contribution in [0, 0.1) is 0 Å². The van der Waals surface area contributed by atoms with Crippen molar-refractivity contribution in [2.75, 3.05) is 39.4 Å². The Kier molecular flexibility index (Phi) is 6.57. The van der Waals surface area contributed by atoms with Gasteiger partial charge in [0.2, 0.25) is 5.91 Å². The highest BCUT2D eigenvalue weighted by atomic mass is 32.1. The van der Waals surface area contributed by atoms with E-state index in [0.29, 0.717) is 12.1 Å². The molecule has 7 heteroatoms. The highest BCUT2D eigenvalue weighted by molar-refractivity contribution is 7.10. The van der Waals surface area contributed by atoms with E-state index in [4.69, 9.17) is 4.74 Å². The average molecular weight is 454 g/mol. The lowest BCUT2D eigenvalue weighted by Gasteiger charge is -2.44. The number of morpholine rings is 1. The number of hydrogen-bond donors (Lipinski definition) is 1. The molecule has 0 spiro atoms. The Labute approximate surface area is 193 Å². The van der Waals surface area contributed by atoms with Crippen molar-refractivity contribution in [3.05, 3.63) is 57.8 Å². The molecule has 3 aliphatic rings. The van der Waals surface area contributed by atoms with Gasteiger partial charge in [-0.3, -0.25) is 14.5 Å². The summed E-state index contributed by atoms with van der Waals surface area (Å²) in [6.07, 6.45) is 4.32. The first-order valence-corrected chi connectivity index (χ1v) is 12.6. The maximum Gasteiger partial charge on any atom is 0.254 e. The van der Waals surface area contributed by atoms with Crippen LogP contribution in [0.5, 0.6) is 0 Å². The highest BCUT2D eigenvalue weighted by Crippen LogP contribution is 2.47. The number of amides is 2. The van der Waals surface area contributed by atoms with E-state index in [1.807, 2.05) is 40.6 Å². The molecule has 5 rings (SSSR count). The zero-order valence-corrected chi connectivity index (χ0v) is 19.2. The molecule has 1 aromatic carbocycles. The summed E-state index contributed by atoms with van der Waals surface area (Å²) in [6, 6.07) is 11.7. The zero-order chi connectivity index (χ0) is 21.9. The Morgan fingerprint density at radius 3 is 2.62 bits per heavy atom. The van der Waals surface area contributed by atoms with Crippen molar-refractivity contribution in [1.29, 1.82) is 0 Å². The minimum Gasteiger partial charge on any atom is -0.379 e. The normalized spacial score (nSPS) is 24.5. The van der Waals surface area contributed by atoms with Gasteiger partial charge in [0.25, 0.3) is 5.91 Å². The molecule has 1 aromatic heterocycles. The standard InChI is InChI=1S/C25H31N3O3S/c29-24(26-11-12-27-13-15-31-16-14-27)22-19-8-3-4-9-20(19)25(30)28(18-6-1-2-7-18)23(22)21-10-5-17-32-21/h3-5,8-10,17-18,22-23H,1-2,6-7,11-16H2,(H,26,29). The van der Waals surface area contributed by atoms with Gasteiger partial charge < -0.3 is 15.0 Å². The lowest BCUT2D eigenvalue weighted by Crippen LogP contribution is -2.51. The topological polar surface area (TPSA) is 61.9 Å². The Morgan fingerprint density at radius 1 is 1.09 bits per heavy atom. The summed E-state index contributed by atoms with van der Waals surface area (Å²) in [4.78, 5) is 32.8. The predicted octanol–water partition coefficient (Wildman–Crippen LogP) is 3.42. The molecule has 1 aliphatic carbocycles. The Balaban J connectivity index is 1.45. The van der Waals surface area contributed by atoms with Crippen LogP contribution >= 0.6 is 11.3 Å². The number of ether oxygens (including phenoxy) is 1. The molecule has 1 saturated heterocycles. The van der Waals surface area contributed by atoms with E-state index in [1.165, 1.54) is 0 Å². The largest absolute Gasteiger partial charge is 0.379 e. The molecule has 1 N–H and O–H groups in total. The van der Waals surface area contributed by atoms with E-state index >= 15 is 0 Å². The fourth-order valence-corrected chi connectivity index (χ4v) is 6.31. The molecule has 32 heavy (non-hydrogen) atoms. The van der Waals surface area contributed by atoms with Gasteiger partial charge in [-0.1, -0.05) is 37.1 Å². The second kappa shape index (κ2) is 9.73. The Hall–Kier alpha value is -2.22. The third-order valence-electron chi connectivity index (χ3n) is 7.04. The monoisotopic (exact) mass is 453 g/mol. The summed E-state index contributed by atoms with van der Waals surface area (Å²) in [6.45, 7) is 4.74. The molecule has 6 nitrogen and oxygen atoms in total. The van der Waals surface area contributed by atoms with Crippen molar-refractivity contribution in [3.8, 4) is 0 Å². The lowest BCUT2D eigenvalue weighted by molar-refractivity contribution is -0.124. The number of benzene rings is 1. The second-order valence-corrected chi connectivity index (χ2v) is 9.90. The van der Waals surface area contributed by atoms with Crippen molar-refractivity contribution in [1.82, 2.24) is 15.1 Å². The number of nitrogens with zero attached hydrogens (tertiary/aromatic N) is 2. The zero-order valence-electron chi connectivity index (χ0n) is 18.4. The van der Waals surface area contributed by atoms with Crippen molar-refractivity contribution in [2.24, 2.45) is 0 Å². The van der Waals surface area contributed by atoms with Gasteiger partial charge >= 0.3 is 0 Å². The number of fused-ring (bicyclic) bond motifs is 1. The highest BCUT2D eigenvalue weighted by Gasteiger charge is 2.47. The Bertz CT molecular complexity index is 936. The van der Waals surface area contributed by atoms with Crippen molar-refractivity contribution >= 4 is 23.2 Å². The van der Waals surface area contributed by atoms with Gasteiger partial charge in [0, 0.05) is 42.7 Å². The van der Waals surface area contributed by atoms with Crippen LogP contribution in [0.2, 0.25) is 0 Å². The summed E-state index contributed by atoms with van der Waals surface area (Å²) < 4.78 is 5.42. The fourth-order valence-electron chi connectivity index (χ4n) is 5.45. The van der Waals surface area contributed by atoms with Gasteiger partial charge in [0.1, 0.15) is 0 Å². The quantitative estimate of drug-likeness (QED) is 0.728. The Morgan fingerprint density at radius 2 is 1.88 bits per heavy atom. The lowest BCUT2D eigenvalue weighted by atomic mass is 9.80. The van der Waals surface area contributed by atoms with E-state index in [1.54, 1.807) is 11.3 Å². The minimum absolute atomic E-state index is 0.0135. The van der Waals surface area contributed by atoms with Gasteiger partial charge in [-0.05, 0) is 35.9 Å². The van der Waals surface area contributed by atoms with Crippen LogP contribution < -0.4 is 5.32 Å². The molecule has 2 amide bonds. The molecule has 3 heterocycles. The third-order valence-corrected chi connectivity index (χ3v) is 7.99. The maximum absolute atomic E-state index is 13.7. The number of carbonyl (C=O) groups is 2. The van der Waals surface area contributed by atoms with E-state index in [2.05, 4.69) is 16.3 Å². The first kappa shape index (κ1) is 21.6. The summed E-state index contributed by atoms with van der Waals surface area (Å²) >= 11 is 1.64. The fraction of sp³-hybridized carbons (Fsp3) is 0.520. The van der Waals surface area contributed by atoms with Crippen LogP contribution in [0.4, 0.5) is 0 Å². The molecule has 0 bridgehead atoms. The molecule has 2 atom stereocenters. The SMILES string of the molecule is O=C(NCCN1CCOCC1)C1c2ccccc2C(=O)N(C2CCCC2)C1c1cccs1. The van der Waals surface area contributed by atoms with Gasteiger partial charge in [0.05, 0.1) is 25.2 Å². The van der Waals surface area contributed by atoms with E-state index in [-0.39, 0.29) is 23.9 Å². The van der Waals surface area contributed by atoms with Crippen LogP contribution in [-0.4, -0.2) is 67.0 Å². The summed E-state index contributed by atoms with van der Waals surface area (Å²) in [5.41, 5.74) is 1.54. The molecule has 2 aliphatic heterocycles. The average Bonchev–Trinajstić information content (AvgIpc) is 3.54. The van der Waals surface area contributed by atoms with Crippen LogP contribution in [0.25, 0.3) is 0 Å². The molecule has 2 aromatic rings. The predicted molar refractivity (Wildman–Crippen MR) is 125 cm³/mol. The number of thiophene rings is 1. The summed E-state index contributed by atoms with van der Waals surface area (Å²) in [7, 11) is 0. The van der Waals surface area contributed by atoms with E-state index < -0.39 is 5.92 Å². The van der Waals surface area contributed by atoms with Crippen molar-refractivity contribution in [2.45, 2.75) is 43.7 Å². The molecule has 0 radical (unpaired) electrons. The van der Waals surface area contributed by atoms with Gasteiger partial charge in [-0.2, -0.15) is 0 Å². The van der Waals surface area contributed by atoms with Crippen LogP contribution in [0.1, 0.15) is 58.4 Å². The molecule has 1 saturated carbocycles. The molecular weight excluding hydrogens is 422 g/mol. The van der Waals surface area contributed by atoms with Gasteiger partial charge in [-0.25, -0.2) is 0 Å². The van der Waals surface area contributed by atoms with Gasteiger partial charge in [-0.15, -0.1) is 11.3 Å². The van der Waals surface area contributed by atoms with Crippen LogP contribution in [-0.2, 0) is 9.53 Å². The summed E-state index contributed by atoms with van der Waals surface area (Å²) in [5, 5.41) is 5.25. The minimum atomic E-state index is -0.396. The molecule has 170 valence electrons. The third kappa shape index (κ3) is 4.21. The van der Waals surface area contributed by atoms with Crippen LogP contribution in [0.15, 0.2) is 41.8 Å². The van der Waals surface area contributed by atoms with E-state index in [0.717, 1.165) is 69.0 Å². The number of rotatable bonds is 6. The number of carbonyl (C=O) groups excluding carboxylic acids is 2. The molecular formula is C25H31N3O3S. The van der Waals surface area contributed by atoms with Crippen molar-refractivity contribution < 1.29 is 14.3 Å². The molecule has 2 unspecified atom stereocenters.